The summed E-state index contributed by atoms with van der Waals surface area (Å²) in [5.74, 6) is 1.16. The molecular weight excluding hydrogens is 232 g/mol. The predicted octanol–water partition coefficient (Wildman–Crippen LogP) is 1.30. The predicted molar refractivity (Wildman–Crippen MR) is 71.9 cm³/mol. The van der Waals surface area contributed by atoms with E-state index in [1.165, 1.54) is 0 Å². The van der Waals surface area contributed by atoms with Crippen LogP contribution in [0.3, 0.4) is 0 Å². The van der Waals surface area contributed by atoms with Gasteiger partial charge in [0.05, 0.1) is 11.7 Å². The normalized spacial score (nSPS) is 22.3. The summed E-state index contributed by atoms with van der Waals surface area (Å²) in [6, 6.07) is 2.19. The van der Waals surface area contributed by atoms with E-state index >= 15 is 0 Å². The first kappa shape index (κ1) is 12.8. The van der Waals surface area contributed by atoms with Crippen LogP contribution in [-0.4, -0.2) is 45.0 Å². The molecule has 5 heteroatoms. The van der Waals surface area contributed by atoms with Crippen molar-refractivity contribution in [3.8, 4) is 0 Å². The Kier molecular flexibility index (Phi) is 4.01. The maximum Gasteiger partial charge on any atom is 0.115 e. The molecule has 1 aromatic heterocycles. The fourth-order valence-electron chi connectivity index (χ4n) is 2.27. The summed E-state index contributed by atoms with van der Waals surface area (Å²) in [6.07, 6.45) is 3.39. The summed E-state index contributed by atoms with van der Waals surface area (Å²) >= 11 is 2.03. The molecule has 1 fully saturated rings. The Balaban J connectivity index is 2.13. The van der Waals surface area contributed by atoms with Crippen LogP contribution in [0.25, 0.3) is 0 Å². The standard InChI is InChI=1S/C12H20N4S/c1-12(2)8-16(5-6-17-12)11(7-13)10-3-4-14-9-15-10/h3-4,9,11H,5-8,13H2,1-2H3. The molecule has 4 nitrogen and oxygen atoms in total. The molecule has 1 unspecified atom stereocenters. The molecule has 0 bridgehead atoms. The zero-order valence-corrected chi connectivity index (χ0v) is 11.3. The molecule has 94 valence electrons. The third-order valence-corrected chi connectivity index (χ3v) is 4.36. The van der Waals surface area contributed by atoms with E-state index in [1.54, 1.807) is 12.5 Å². The van der Waals surface area contributed by atoms with Crippen LogP contribution >= 0.6 is 11.8 Å². The highest BCUT2D eigenvalue weighted by Crippen LogP contribution is 2.33. The minimum atomic E-state index is 0.221. The first-order chi connectivity index (χ1) is 8.12. The summed E-state index contributed by atoms with van der Waals surface area (Å²) in [7, 11) is 0. The SMILES string of the molecule is CC1(C)CN(C(CN)c2ccncn2)CCS1. The maximum absolute atomic E-state index is 5.92. The van der Waals surface area contributed by atoms with Crippen LogP contribution in [0.5, 0.6) is 0 Å². The van der Waals surface area contributed by atoms with Gasteiger partial charge in [0.1, 0.15) is 6.33 Å². The number of nitrogens with two attached hydrogens (primary N) is 1. The average molecular weight is 252 g/mol. The molecular formula is C12H20N4S. The fraction of sp³-hybridized carbons (Fsp3) is 0.667. The van der Waals surface area contributed by atoms with E-state index in [-0.39, 0.29) is 6.04 Å². The van der Waals surface area contributed by atoms with Crippen molar-refractivity contribution in [3.63, 3.8) is 0 Å². The van der Waals surface area contributed by atoms with Crippen LogP contribution in [0.2, 0.25) is 0 Å². The second-order valence-corrected chi connectivity index (χ2v) is 6.77. The van der Waals surface area contributed by atoms with Crippen molar-refractivity contribution >= 4 is 11.8 Å². The second kappa shape index (κ2) is 5.33. The van der Waals surface area contributed by atoms with Crippen molar-refractivity contribution < 1.29 is 0 Å². The Morgan fingerprint density at radius 1 is 1.59 bits per heavy atom. The second-order valence-electron chi connectivity index (χ2n) is 4.96. The minimum Gasteiger partial charge on any atom is -0.329 e. The highest BCUT2D eigenvalue weighted by molar-refractivity contribution is 8.00. The van der Waals surface area contributed by atoms with Gasteiger partial charge >= 0.3 is 0 Å². The molecule has 2 heterocycles. The van der Waals surface area contributed by atoms with Crippen LogP contribution < -0.4 is 5.73 Å². The van der Waals surface area contributed by atoms with E-state index in [2.05, 4.69) is 28.7 Å². The lowest BCUT2D eigenvalue weighted by molar-refractivity contribution is 0.189. The summed E-state index contributed by atoms with van der Waals surface area (Å²) in [5.41, 5.74) is 6.95. The third-order valence-electron chi connectivity index (χ3n) is 3.07. The van der Waals surface area contributed by atoms with E-state index in [0.29, 0.717) is 11.3 Å². The molecule has 0 amide bonds. The minimum absolute atomic E-state index is 0.221. The topological polar surface area (TPSA) is 55.0 Å². The molecule has 1 aromatic rings. The maximum atomic E-state index is 5.92. The zero-order valence-electron chi connectivity index (χ0n) is 10.5. The van der Waals surface area contributed by atoms with Crippen LogP contribution in [0.1, 0.15) is 25.6 Å². The summed E-state index contributed by atoms with van der Waals surface area (Å²) in [4.78, 5) is 10.7. The van der Waals surface area contributed by atoms with Gasteiger partial charge in [0.15, 0.2) is 0 Å². The van der Waals surface area contributed by atoms with Gasteiger partial charge in [0, 0.05) is 36.3 Å². The molecule has 1 aliphatic rings. The van der Waals surface area contributed by atoms with E-state index in [4.69, 9.17) is 5.73 Å². The average Bonchev–Trinajstić information content (AvgIpc) is 2.30. The number of hydrogen-bond donors (Lipinski definition) is 1. The highest BCUT2D eigenvalue weighted by atomic mass is 32.2. The molecule has 0 saturated carbocycles. The lowest BCUT2D eigenvalue weighted by Gasteiger charge is -2.41. The van der Waals surface area contributed by atoms with Crippen LogP contribution in [0, 0.1) is 0 Å². The fourth-order valence-corrected chi connectivity index (χ4v) is 3.41. The molecule has 17 heavy (non-hydrogen) atoms. The Bertz CT molecular complexity index is 355. The van der Waals surface area contributed by atoms with Gasteiger partial charge in [-0.25, -0.2) is 9.97 Å². The van der Waals surface area contributed by atoms with Crippen LogP contribution in [-0.2, 0) is 0 Å². The third kappa shape index (κ3) is 3.18. The van der Waals surface area contributed by atoms with Gasteiger partial charge in [-0.3, -0.25) is 4.90 Å². The Morgan fingerprint density at radius 2 is 2.41 bits per heavy atom. The zero-order chi connectivity index (χ0) is 12.3. The number of nitrogens with zero attached hydrogens (tertiary/aromatic N) is 3. The Labute approximate surface area is 107 Å². The summed E-state index contributed by atoms with van der Waals surface area (Å²) in [5, 5.41) is 0. The van der Waals surface area contributed by atoms with Crippen molar-refractivity contribution in [2.45, 2.75) is 24.6 Å². The van der Waals surface area contributed by atoms with Crippen molar-refractivity contribution in [1.29, 1.82) is 0 Å². The van der Waals surface area contributed by atoms with E-state index in [0.717, 1.165) is 24.5 Å². The van der Waals surface area contributed by atoms with Gasteiger partial charge in [-0.2, -0.15) is 11.8 Å². The van der Waals surface area contributed by atoms with Crippen molar-refractivity contribution in [2.75, 3.05) is 25.4 Å². The van der Waals surface area contributed by atoms with Gasteiger partial charge in [0.2, 0.25) is 0 Å². The monoisotopic (exact) mass is 252 g/mol. The molecule has 0 spiro atoms. The lowest BCUT2D eigenvalue weighted by atomic mass is 10.1. The van der Waals surface area contributed by atoms with Gasteiger partial charge in [-0.15, -0.1) is 0 Å². The Morgan fingerprint density at radius 3 is 3.00 bits per heavy atom. The van der Waals surface area contributed by atoms with Crippen molar-refractivity contribution in [3.05, 3.63) is 24.3 Å². The van der Waals surface area contributed by atoms with E-state index in [9.17, 15) is 0 Å². The molecule has 0 aliphatic carbocycles. The molecule has 1 atom stereocenters. The molecule has 0 radical (unpaired) electrons. The number of thioether (sulfide) groups is 1. The van der Waals surface area contributed by atoms with Crippen molar-refractivity contribution in [2.24, 2.45) is 5.73 Å². The Hall–Kier alpha value is -0.650. The molecule has 0 aromatic carbocycles. The largest absolute Gasteiger partial charge is 0.329 e. The first-order valence-electron chi connectivity index (χ1n) is 5.96. The number of aromatic nitrogens is 2. The summed E-state index contributed by atoms with van der Waals surface area (Å²) in [6.45, 7) is 7.33. The smallest absolute Gasteiger partial charge is 0.115 e. The molecule has 2 rings (SSSR count). The van der Waals surface area contributed by atoms with Crippen LogP contribution in [0.15, 0.2) is 18.6 Å². The number of hydrogen-bond acceptors (Lipinski definition) is 5. The molecule has 1 saturated heterocycles. The highest BCUT2D eigenvalue weighted by Gasteiger charge is 2.31. The van der Waals surface area contributed by atoms with Crippen LogP contribution in [0.4, 0.5) is 0 Å². The first-order valence-corrected chi connectivity index (χ1v) is 6.95. The van der Waals surface area contributed by atoms with Gasteiger partial charge in [-0.1, -0.05) is 0 Å². The number of rotatable bonds is 3. The van der Waals surface area contributed by atoms with Gasteiger partial charge < -0.3 is 5.73 Å². The van der Waals surface area contributed by atoms with E-state index < -0.39 is 0 Å². The molecule has 2 N–H and O–H groups in total. The van der Waals surface area contributed by atoms with Gasteiger partial charge in [0.25, 0.3) is 0 Å². The van der Waals surface area contributed by atoms with Crippen molar-refractivity contribution in [1.82, 2.24) is 14.9 Å². The molecule has 1 aliphatic heterocycles. The van der Waals surface area contributed by atoms with Gasteiger partial charge in [-0.05, 0) is 19.9 Å². The lowest BCUT2D eigenvalue weighted by Crippen LogP contribution is -2.46. The quantitative estimate of drug-likeness (QED) is 0.879. The van der Waals surface area contributed by atoms with E-state index in [1.807, 2.05) is 17.8 Å². The summed E-state index contributed by atoms with van der Waals surface area (Å²) < 4.78 is 0.304.